The molecule has 0 spiro atoms. The molecule has 1 amide bonds. The van der Waals surface area contributed by atoms with Crippen LogP contribution in [0.15, 0.2) is 48.5 Å². The Labute approximate surface area is 143 Å². The average molecular weight is 324 g/mol. The van der Waals surface area contributed by atoms with Crippen LogP contribution in [0.5, 0.6) is 0 Å². The number of carbonyl (C=O) groups is 1. The summed E-state index contributed by atoms with van der Waals surface area (Å²) in [5.41, 5.74) is 8.94. The number of para-hydroxylation sites is 2. The lowest BCUT2D eigenvalue weighted by molar-refractivity contribution is 0.102. The maximum atomic E-state index is 12.3. The van der Waals surface area contributed by atoms with E-state index >= 15 is 0 Å². The number of carbonyl (C=O) groups excluding carboxylic acids is 1. The van der Waals surface area contributed by atoms with Gasteiger partial charge in [0.1, 0.15) is 0 Å². The van der Waals surface area contributed by atoms with E-state index in [0.717, 1.165) is 32.7 Å². The van der Waals surface area contributed by atoms with Crippen molar-refractivity contribution in [3.63, 3.8) is 0 Å². The van der Waals surface area contributed by atoms with Crippen molar-refractivity contribution in [3.8, 4) is 0 Å². The molecular weight excluding hydrogens is 300 g/mol. The molecule has 126 valence electrons. The molecule has 2 aromatic rings. The Balaban J connectivity index is 1.59. The second kappa shape index (κ2) is 7.47. The lowest BCUT2D eigenvalue weighted by atomic mass is 10.1. The quantitative estimate of drug-likeness (QED) is 0.847. The highest BCUT2D eigenvalue weighted by Gasteiger charge is 2.14. The van der Waals surface area contributed by atoms with Crippen molar-refractivity contribution < 1.29 is 4.79 Å². The summed E-state index contributed by atoms with van der Waals surface area (Å²) in [7, 11) is 2.16. The van der Waals surface area contributed by atoms with Gasteiger partial charge in [-0.15, -0.1) is 0 Å². The maximum absolute atomic E-state index is 12.3. The largest absolute Gasteiger partial charge is 0.397 e. The number of nitrogens with zero attached hydrogens (tertiary/aromatic N) is 2. The summed E-state index contributed by atoms with van der Waals surface area (Å²) in [5.74, 6) is -0.140. The Morgan fingerprint density at radius 3 is 2.38 bits per heavy atom. The maximum Gasteiger partial charge on any atom is 0.255 e. The van der Waals surface area contributed by atoms with Crippen molar-refractivity contribution in [1.29, 1.82) is 0 Å². The average Bonchev–Trinajstić information content (AvgIpc) is 2.59. The fourth-order valence-corrected chi connectivity index (χ4v) is 2.83. The van der Waals surface area contributed by atoms with E-state index in [4.69, 9.17) is 5.73 Å². The summed E-state index contributed by atoms with van der Waals surface area (Å²) in [6.45, 7) is 5.33. The van der Waals surface area contributed by atoms with Crippen LogP contribution < -0.4 is 11.1 Å². The molecule has 2 aromatic carbocycles. The molecule has 0 unspecified atom stereocenters. The lowest BCUT2D eigenvalue weighted by Gasteiger charge is -2.32. The third kappa shape index (κ3) is 4.13. The number of piperazine rings is 1. The van der Waals surface area contributed by atoms with Gasteiger partial charge in [0, 0.05) is 38.3 Å². The predicted molar refractivity (Wildman–Crippen MR) is 98.0 cm³/mol. The first kappa shape index (κ1) is 16.5. The van der Waals surface area contributed by atoms with E-state index in [1.807, 2.05) is 36.4 Å². The van der Waals surface area contributed by atoms with Gasteiger partial charge in [0.2, 0.25) is 0 Å². The van der Waals surface area contributed by atoms with Crippen LogP contribution in [0, 0.1) is 0 Å². The first-order valence-corrected chi connectivity index (χ1v) is 8.27. The van der Waals surface area contributed by atoms with Gasteiger partial charge >= 0.3 is 0 Å². The van der Waals surface area contributed by atoms with Crippen molar-refractivity contribution in [2.75, 3.05) is 44.3 Å². The van der Waals surface area contributed by atoms with Crippen LogP contribution in [0.25, 0.3) is 0 Å². The summed E-state index contributed by atoms with van der Waals surface area (Å²) in [6, 6.07) is 15.1. The Bertz CT molecular complexity index is 691. The molecule has 5 heteroatoms. The van der Waals surface area contributed by atoms with E-state index in [0.29, 0.717) is 16.9 Å². The second-order valence-electron chi connectivity index (χ2n) is 6.32. The van der Waals surface area contributed by atoms with Gasteiger partial charge in [0.05, 0.1) is 11.4 Å². The summed E-state index contributed by atoms with van der Waals surface area (Å²) < 4.78 is 0. The highest BCUT2D eigenvalue weighted by molar-refractivity contribution is 6.05. The van der Waals surface area contributed by atoms with Crippen molar-refractivity contribution in [2.24, 2.45) is 0 Å². The summed E-state index contributed by atoms with van der Waals surface area (Å²) >= 11 is 0. The minimum absolute atomic E-state index is 0.140. The van der Waals surface area contributed by atoms with Crippen molar-refractivity contribution in [1.82, 2.24) is 9.80 Å². The zero-order valence-corrected chi connectivity index (χ0v) is 14.0. The predicted octanol–water partition coefficient (Wildman–Crippen LogP) is 2.27. The molecule has 1 aliphatic heterocycles. The summed E-state index contributed by atoms with van der Waals surface area (Å²) in [5, 5.41) is 2.85. The Morgan fingerprint density at radius 2 is 1.71 bits per heavy atom. The van der Waals surface area contributed by atoms with Crippen molar-refractivity contribution in [2.45, 2.75) is 6.54 Å². The fourth-order valence-electron chi connectivity index (χ4n) is 2.83. The molecule has 1 fully saturated rings. The molecule has 1 heterocycles. The van der Waals surface area contributed by atoms with Crippen LogP contribution in [0.3, 0.4) is 0 Å². The molecule has 5 nitrogen and oxygen atoms in total. The smallest absolute Gasteiger partial charge is 0.255 e. The first-order valence-electron chi connectivity index (χ1n) is 8.27. The fraction of sp³-hybridized carbons (Fsp3) is 0.316. The van der Waals surface area contributed by atoms with Gasteiger partial charge in [-0.1, -0.05) is 24.3 Å². The van der Waals surface area contributed by atoms with E-state index in [2.05, 4.69) is 22.2 Å². The highest BCUT2D eigenvalue weighted by Crippen LogP contribution is 2.18. The van der Waals surface area contributed by atoms with Crippen LogP contribution in [-0.4, -0.2) is 48.9 Å². The lowest BCUT2D eigenvalue weighted by Crippen LogP contribution is -2.43. The molecule has 0 bridgehead atoms. The number of benzene rings is 2. The van der Waals surface area contributed by atoms with E-state index < -0.39 is 0 Å². The molecular formula is C19H24N4O. The van der Waals surface area contributed by atoms with Crippen LogP contribution in [0.2, 0.25) is 0 Å². The Hall–Kier alpha value is -2.37. The standard InChI is InChI=1S/C19H24N4O/c1-22-10-12-23(13-11-22)14-15-6-8-16(9-7-15)19(24)21-18-5-3-2-4-17(18)20/h2-9H,10-14,20H2,1H3,(H,21,24). The number of hydrogen-bond acceptors (Lipinski definition) is 4. The number of nitrogens with two attached hydrogens (primary N) is 1. The Kier molecular flexibility index (Phi) is 5.13. The van der Waals surface area contributed by atoms with Crippen LogP contribution in [-0.2, 0) is 6.54 Å². The molecule has 0 aromatic heterocycles. The van der Waals surface area contributed by atoms with Crippen LogP contribution in [0.4, 0.5) is 11.4 Å². The summed E-state index contributed by atoms with van der Waals surface area (Å²) in [6.07, 6.45) is 0. The van der Waals surface area contributed by atoms with Gasteiger partial charge in [-0.2, -0.15) is 0 Å². The second-order valence-corrected chi connectivity index (χ2v) is 6.32. The van der Waals surface area contributed by atoms with E-state index in [1.54, 1.807) is 12.1 Å². The molecule has 0 atom stereocenters. The van der Waals surface area contributed by atoms with Gasteiger partial charge < -0.3 is 16.0 Å². The monoisotopic (exact) mass is 324 g/mol. The van der Waals surface area contributed by atoms with Gasteiger partial charge in [-0.25, -0.2) is 0 Å². The molecule has 24 heavy (non-hydrogen) atoms. The Morgan fingerprint density at radius 1 is 1.04 bits per heavy atom. The van der Waals surface area contributed by atoms with E-state index in [1.165, 1.54) is 5.56 Å². The summed E-state index contributed by atoms with van der Waals surface area (Å²) in [4.78, 5) is 17.1. The normalized spacial score (nSPS) is 16.0. The zero-order chi connectivity index (χ0) is 16.9. The van der Waals surface area contributed by atoms with Gasteiger partial charge in [-0.05, 0) is 36.9 Å². The van der Waals surface area contributed by atoms with Gasteiger partial charge in [0.15, 0.2) is 0 Å². The molecule has 0 radical (unpaired) electrons. The molecule has 0 aliphatic carbocycles. The molecule has 1 aliphatic rings. The number of anilines is 2. The first-order chi connectivity index (χ1) is 11.6. The number of nitrogens with one attached hydrogen (secondary N) is 1. The van der Waals surface area contributed by atoms with Gasteiger partial charge in [0.25, 0.3) is 5.91 Å². The number of rotatable bonds is 4. The minimum atomic E-state index is -0.140. The molecule has 3 N–H and O–H groups in total. The third-order valence-electron chi connectivity index (χ3n) is 4.43. The van der Waals surface area contributed by atoms with Crippen molar-refractivity contribution in [3.05, 3.63) is 59.7 Å². The highest BCUT2D eigenvalue weighted by atomic mass is 16.1. The number of hydrogen-bond donors (Lipinski definition) is 2. The topological polar surface area (TPSA) is 61.6 Å². The molecule has 0 saturated carbocycles. The van der Waals surface area contributed by atoms with Gasteiger partial charge in [-0.3, -0.25) is 9.69 Å². The third-order valence-corrected chi connectivity index (χ3v) is 4.43. The number of nitrogen functional groups attached to an aromatic ring is 1. The van der Waals surface area contributed by atoms with E-state index in [-0.39, 0.29) is 5.91 Å². The van der Waals surface area contributed by atoms with E-state index in [9.17, 15) is 4.79 Å². The van der Waals surface area contributed by atoms with Crippen LogP contribution in [0.1, 0.15) is 15.9 Å². The molecule has 1 saturated heterocycles. The number of likely N-dealkylation sites (N-methyl/N-ethyl adjacent to an activating group) is 1. The number of amides is 1. The SMILES string of the molecule is CN1CCN(Cc2ccc(C(=O)Nc3ccccc3N)cc2)CC1. The molecule has 3 rings (SSSR count). The van der Waals surface area contributed by atoms with Crippen molar-refractivity contribution >= 4 is 17.3 Å². The minimum Gasteiger partial charge on any atom is -0.397 e. The van der Waals surface area contributed by atoms with Crippen LogP contribution >= 0.6 is 0 Å². The zero-order valence-electron chi connectivity index (χ0n) is 14.0.